The highest BCUT2D eigenvalue weighted by molar-refractivity contribution is 5.79. The molecule has 30 heavy (non-hydrogen) atoms. The van der Waals surface area contributed by atoms with Crippen LogP contribution in [0.15, 0.2) is 30.3 Å². The summed E-state index contributed by atoms with van der Waals surface area (Å²) in [6.07, 6.45) is 5.77. The van der Waals surface area contributed by atoms with E-state index in [4.69, 9.17) is 9.47 Å². The van der Waals surface area contributed by atoms with Crippen LogP contribution in [0, 0.1) is 5.92 Å². The Balaban J connectivity index is 1.37. The van der Waals surface area contributed by atoms with Gasteiger partial charge in [-0.05, 0) is 43.2 Å². The second kappa shape index (κ2) is 9.32. The molecule has 1 aromatic heterocycles. The van der Waals surface area contributed by atoms with Crippen molar-refractivity contribution in [3.05, 3.63) is 30.3 Å². The Bertz CT molecular complexity index is 857. The first-order valence-corrected chi connectivity index (χ1v) is 10.8. The monoisotopic (exact) mass is 410 g/mol. The lowest BCUT2D eigenvalue weighted by Gasteiger charge is -2.37. The normalized spacial score (nSPS) is 17.7. The maximum atomic E-state index is 12.8. The first-order valence-electron chi connectivity index (χ1n) is 10.8. The van der Waals surface area contributed by atoms with Crippen LogP contribution in [0.4, 0.5) is 5.82 Å². The molecule has 1 aliphatic heterocycles. The molecule has 2 aromatic rings. The van der Waals surface area contributed by atoms with Gasteiger partial charge in [-0.25, -0.2) is 0 Å². The SMILES string of the molecule is COc1ccc(-c2ccc(N3CCN(C(=O)C4CCCCC4)CC3)nn2)cc1OC. The number of hydrogen-bond donors (Lipinski definition) is 0. The van der Waals surface area contributed by atoms with Gasteiger partial charge in [-0.15, -0.1) is 10.2 Å². The van der Waals surface area contributed by atoms with E-state index in [1.807, 2.05) is 35.2 Å². The van der Waals surface area contributed by atoms with Crippen molar-refractivity contribution in [2.45, 2.75) is 32.1 Å². The smallest absolute Gasteiger partial charge is 0.225 e. The van der Waals surface area contributed by atoms with Gasteiger partial charge in [-0.2, -0.15) is 0 Å². The number of carbonyl (C=O) groups excluding carboxylic acids is 1. The molecule has 0 spiro atoms. The third-order valence-corrected chi connectivity index (χ3v) is 6.20. The van der Waals surface area contributed by atoms with E-state index < -0.39 is 0 Å². The molecule has 7 heteroatoms. The van der Waals surface area contributed by atoms with Gasteiger partial charge in [0, 0.05) is 37.7 Å². The fourth-order valence-corrected chi connectivity index (χ4v) is 4.41. The summed E-state index contributed by atoms with van der Waals surface area (Å²) >= 11 is 0. The molecule has 1 saturated heterocycles. The Morgan fingerprint density at radius 1 is 0.900 bits per heavy atom. The molecule has 0 N–H and O–H groups in total. The number of ether oxygens (including phenoxy) is 2. The predicted molar refractivity (Wildman–Crippen MR) is 116 cm³/mol. The first kappa shape index (κ1) is 20.4. The van der Waals surface area contributed by atoms with Gasteiger partial charge in [0.05, 0.1) is 19.9 Å². The highest BCUT2D eigenvalue weighted by Gasteiger charge is 2.28. The fraction of sp³-hybridized carbons (Fsp3) is 0.522. The Kier molecular flexibility index (Phi) is 6.35. The third-order valence-electron chi connectivity index (χ3n) is 6.20. The van der Waals surface area contributed by atoms with E-state index in [2.05, 4.69) is 15.1 Å². The summed E-state index contributed by atoms with van der Waals surface area (Å²) in [4.78, 5) is 17.0. The van der Waals surface area contributed by atoms with Crippen LogP contribution in [-0.4, -0.2) is 61.4 Å². The number of anilines is 1. The molecule has 7 nitrogen and oxygen atoms in total. The summed E-state index contributed by atoms with van der Waals surface area (Å²) in [5, 5.41) is 8.85. The first-order chi connectivity index (χ1) is 14.7. The second-order valence-corrected chi connectivity index (χ2v) is 7.99. The van der Waals surface area contributed by atoms with Gasteiger partial charge < -0.3 is 19.3 Å². The zero-order valence-corrected chi connectivity index (χ0v) is 17.8. The molecule has 0 atom stereocenters. The Morgan fingerprint density at radius 3 is 2.27 bits per heavy atom. The van der Waals surface area contributed by atoms with Crippen molar-refractivity contribution in [2.75, 3.05) is 45.3 Å². The van der Waals surface area contributed by atoms with Crippen LogP contribution in [0.25, 0.3) is 11.3 Å². The van der Waals surface area contributed by atoms with E-state index in [1.54, 1.807) is 14.2 Å². The zero-order chi connectivity index (χ0) is 20.9. The molecule has 2 heterocycles. The second-order valence-electron chi connectivity index (χ2n) is 7.99. The van der Waals surface area contributed by atoms with Crippen molar-refractivity contribution in [1.82, 2.24) is 15.1 Å². The molecule has 0 radical (unpaired) electrons. The summed E-state index contributed by atoms with van der Waals surface area (Å²) < 4.78 is 10.7. The van der Waals surface area contributed by atoms with Crippen LogP contribution >= 0.6 is 0 Å². The maximum Gasteiger partial charge on any atom is 0.225 e. The summed E-state index contributed by atoms with van der Waals surface area (Å²) in [7, 11) is 3.24. The average Bonchev–Trinajstić information content (AvgIpc) is 2.84. The molecule has 1 aliphatic carbocycles. The minimum atomic E-state index is 0.242. The Hall–Kier alpha value is -2.83. The molecule has 0 bridgehead atoms. The van der Waals surface area contributed by atoms with Gasteiger partial charge in [-0.3, -0.25) is 4.79 Å². The van der Waals surface area contributed by atoms with Crippen LogP contribution in [0.1, 0.15) is 32.1 Å². The van der Waals surface area contributed by atoms with Crippen molar-refractivity contribution >= 4 is 11.7 Å². The molecule has 1 amide bonds. The summed E-state index contributed by atoms with van der Waals surface area (Å²) in [5.74, 6) is 2.80. The van der Waals surface area contributed by atoms with Crippen LogP contribution in [0.3, 0.4) is 0 Å². The topological polar surface area (TPSA) is 67.8 Å². The molecule has 0 unspecified atom stereocenters. The summed E-state index contributed by atoms with van der Waals surface area (Å²) in [6, 6.07) is 9.69. The third kappa shape index (κ3) is 4.35. The molecule has 1 aromatic carbocycles. The van der Waals surface area contributed by atoms with E-state index in [0.29, 0.717) is 17.4 Å². The lowest BCUT2D eigenvalue weighted by molar-refractivity contribution is -0.136. The molecule has 1 saturated carbocycles. The number of rotatable bonds is 5. The highest BCUT2D eigenvalue weighted by Crippen LogP contribution is 2.32. The number of aromatic nitrogens is 2. The van der Waals surface area contributed by atoms with Crippen molar-refractivity contribution in [3.63, 3.8) is 0 Å². The number of amides is 1. The van der Waals surface area contributed by atoms with E-state index in [0.717, 1.165) is 56.1 Å². The standard InChI is InChI=1S/C23H30N4O3/c1-29-20-10-8-18(16-21(20)30-2)19-9-11-22(25-24-19)26-12-14-27(15-13-26)23(28)17-6-4-3-5-7-17/h8-11,16-17H,3-7,12-15H2,1-2H3. The number of carbonyl (C=O) groups is 1. The zero-order valence-electron chi connectivity index (χ0n) is 17.8. The summed E-state index contributed by atoms with van der Waals surface area (Å²) in [6.45, 7) is 3.11. The number of hydrogen-bond acceptors (Lipinski definition) is 6. The van der Waals surface area contributed by atoms with Crippen LogP contribution in [0.5, 0.6) is 11.5 Å². The number of nitrogens with zero attached hydrogens (tertiary/aromatic N) is 4. The minimum absolute atomic E-state index is 0.242. The number of piperazine rings is 1. The molecular weight excluding hydrogens is 380 g/mol. The quantitative estimate of drug-likeness (QED) is 0.753. The molecule has 4 rings (SSSR count). The fourth-order valence-electron chi connectivity index (χ4n) is 4.41. The minimum Gasteiger partial charge on any atom is -0.493 e. The van der Waals surface area contributed by atoms with Crippen LogP contribution in [0.2, 0.25) is 0 Å². The lowest BCUT2D eigenvalue weighted by Crippen LogP contribution is -2.50. The van der Waals surface area contributed by atoms with Crippen molar-refractivity contribution in [3.8, 4) is 22.8 Å². The number of benzene rings is 1. The van der Waals surface area contributed by atoms with Gasteiger partial charge in [0.2, 0.25) is 5.91 Å². The average molecular weight is 411 g/mol. The molecule has 2 aliphatic rings. The Morgan fingerprint density at radius 2 is 1.63 bits per heavy atom. The van der Waals surface area contributed by atoms with Gasteiger partial charge in [-0.1, -0.05) is 19.3 Å². The maximum absolute atomic E-state index is 12.8. The van der Waals surface area contributed by atoms with E-state index in [1.165, 1.54) is 19.3 Å². The van der Waals surface area contributed by atoms with Gasteiger partial charge in [0.1, 0.15) is 0 Å². The Labute approximate surface area is 178 Å². The molecular formula is C23H30N4O3. The van der Waals surface area contributed by atoms with Crippen molar-refractivity contribution < 1.29 is 14.3 Å². The lowest BCUT2D eigenvalue weighted by atomic mass is 9.88. The summed E-state index contributed by atoms with van der Waals surface area (Å²) in [5.41, 5.74) is 1.71. The van der Waals surface area contributed by atoms with Gasteiger partial charge in [0.25, 0.3) is 0 Å². The van der Waals surface area contributed by atoms with Gasteiger partial charge in [0.15, 0.2) is 17.3 Å². The van der Waals surface area contributed by atoms with Gasteiger partial charge >= 0.3 is 0 Å². The predicted octanol–water partition coefficient (Wildman–Crippen LogP) is 3.39. The van der Waals surface area contributed by atoms with E-state index in [-0.39, 0.29) is 5.92 Å². The largest absolute Gasteiger partial charge is 0.493 e. The van der Waals surface area contributed by atoms with Crippen LogP contribution in [-0.2, 0) is 4.79 Å². The number of methoxy groups -OCH3 is 2. The molecule has 160 valence electrons. The van der Waals surface area contributed by atoms with Crippen LogP contribution < -0.4 is 14.4 Å². The highest BCUT2D eigenvalue weighted by atomic mass is 16.5. The molecule has 2 fully saturated rings. The van der Waals surface area contributed by atoms with E-state index >= 15 is 0 Å². The van der Waals surface area contributed by atoms with Crippen molar-refractivity contribution in [1.29, 1.82) is 0 Å². The van der Waals surface area contributed by atoms with E-state index in [9.17, 15) is 4.79 Å². The van der Waals surface area contributed by atoms with Crippen molar-refractivity contribution in [2.24, 2.45) is 5.92 Å².